The van der Waals surface area contributed by atoms with Crippen molar-refractivity contribution in [1.29, 1.82) is 0 Å². The second-order valence-corrected chi connectivity index (χ2v) is 17.6. The first kappa shape index (κ1) is 42.4. The van der Waals surface area contributed by atoms with Gasteiger partial charge in [-0.25, -0.2) is 19.9 Å². The van der Waals surface area contributed by atoms with Crippen molar-refractivity contribution < 1.29 is 19.1 Å². The van der Waals surface area contributed by atoms with Gasteiger partial charge in [-0.1, -0.05) is 82.8 Å². The lowest BCUT2D eigenvalue weighted by atomic mass is 9.96. The van der Waals surface area contributed by atoms with Gasteiger partial charge in [0.1, 0.15) is 18.0 Å². The van der Waals surface area contributed by atoms with Crippen LogP contribution < -0.4 is 20.1 Å². The summed E-state index contributed by atoms with van der Waals surface area (Å²) in [6, 6.07) is 26.0. The zero-order valence-corrected chi connectivity index (χ0v) is 36.5. The number of rotatable bonds is 16. The van der Waals surface area contributed by atoms with E-state index in [4.69, 9.17) is 75.8 Å². The van der Waals surface area contributed by atoms with E-state index in [1.165, 1.54) is 0 Å². The fourth-order valence-electron chi connectivity index (χ4n) is 6.71. The van der Waals surface area contributed by atoms with Gasteiger partial charge in [-0.05, 0) is 94.5 Å². The highest BCUT2D eigenvalue weighted by atomic mass is 35.5. The summed E-state index contributed by atoms with van der Waals surface area (Å²) >= 11 is 26.5. The number of hydrogen-bond acceptors (Lipinski definition) is 8. The molecule has 2 aliphatic carbocycles. The number of hydrogen-bond donors (Lipinski definition) is 2. The van der Waals surface area contributed by atoms with Crippen LogP contribution in [0.1, 0.15) is 46.0 Å². The molecular formula is C47H42Cl4N6O4. The predicted octanol–water partition coefficient (Wildman–Crippen LogP) is 11.2. The Kier molecular flexibility index (Phi) is 12.8. The molecule has 2 aliphatic rings. The minimum absolute atomic E-state index is 0.0397. The van der Waals surface area contributed by atoms with Gasteiger partial charge in [-0.3, -0.25) is 9.59 Å². The Morgan fingerprint density at radius 2 is 1.08 bits per heavy atom. The molecule has 10 nitrogen and oxygen atoms in total. The summed E-state index contributed by atoms with van der Waals surface area (Å²) < 4.78 is 12.1. The standard InChI is InChI=1S/C47H42Cl4N6O4/c1-47(2,57-46(59)30-6-7-30)26-61-40-25-54-42(44(56-40)28-10-16-34(49)17-11-28)32-13-19-38(51)36(23-32)35-22-31(12-18-37(35)50)41-43(27-8-14-33(48)15-9-27)55-39(24-53-41)60-21-3-20-52-45(58)29-4-5-29/h8-19,22-25,29-30H,3-7,20-21,26H2,1-2H3,(H,52,58)(H,57,59). The molecule has 0 radical (unpaired) electrons. The van der Waals surface area contributed by atoms with Crippen LogP contribution in [0, 0.1) is 11.8 Å². The Morgan fingerprint density at radius 1 is 0.623 bits per heavy atom. The molecule has 2 heterocycles. The molecule has 2 aromatic heterocycles. The van der Waals surface area contributed by atoms with E-state index in [2.05, 4.69) is 10.6 Å². The summed E-state index contributed by atoms with van der Waals surface area (Å²) in [4.78, 5) is 44.0. The second-order valence-electron chi connectivity index (χ2n) is 15.9. The third kappa shape index (κ3) is 10.6. The van der Waals surface area contributed by atoms with Crippen molar-refractivity contribution in [3.63, 3.8) is 0 Å². The molecule has 2 fully saturated rings. The minimum Gasteiger partial charge on any atom is -0.476 e. The first-order valence-corrected chi connectivity index (χ1v) is 21.6. The zero-order chi connectivity index (χ0) is 42.7. The van der Waals surface area contributed by atoms with E-state index in [-0.39, 0.29) is 30.3 Å². The monoisotopic (exact) mass is 894 g/mol. The molecule has 0 bridgehead atoms. The van der Waals surface area contributed by atoms with Crippen LogP contribution in [-0.4, -0.2) is 57.0 Å². The fourth-order valence-corrected chi connectivity index (χ4v) is 7.40. The van der Waals surface area contributed by atoms with Gasteiger partial charge < -0.3 is 20.1 Å². The average molecular weight is 897 g/mol. The third-order valence-electron chi connectivity index (χ3n) is 10.3. The zero-order valence-electron chi connectivity index (χ0n) is 33.5. The number of nitrogens with one attached hydrogen (secondary N) is 2. The predicted molar refractivity (Wildman–Crippen MR) is 241 cm³/mol. The van der Waals surface area contributed by atoms with Crippen molar-refractivity contribution >= 4 is 58.2 Å². The molecule has 0 saturated heterocycles. The lowest BCUT2D eigenvalue weighted by Gasteiger charge is -2.26. The summed E-state index contributed by atoms with van der Waals surface area (Å²) in [5.41, 5.74) is 6.08. The summed E-state index contributed by atoms with van der Waals surface area (Å²) in [6.45, 7) is 4.92. The van der Waals surface area contributed by atoms with Gasteiger partial charge in [0.15, 0.2) is 0 Å². The SMILES string of the molecule is CC(C)(COc1cnc(-c2ccc(Cl)c(-c3cc(-c4ncc(OCCCNC(=O)C5CC5)nc4-c4ccc(Cl)cc4)ccc3Cl)c2)c(-c2ccc(Cl)cc2)n1)NC(=O)C1CC1. The number of amides is 2. The molecule has 0 spiro atoms. The van der Waals surface area contributed by atoms with E-state index in [0.29, 0.717) is 85.3 Å². The quantitative estimate of drug-likeness (QED) is 0.0919. The highest BCUT2D eigenvalue weighted by molar-refractivity contribution is 6.36. The van der Waals surface area contributed by atoms with Gasteiger partial charge in [0.2, 0.25) is 23.6 Å². The number of nitrogens with zero attached hydrogens (tertiary/aromatic N) is 4. The number of aromatic nitrogens is 4. The first-order chi connectivity index (χ1) is 29.4. The van der Waals surface area contributed by atoms with Crippen molar-refractivity contribution in [3.8, 4) is 67.9 Å². The van der Waals surface area contributed by atoms with Gasteiger partial charge in [0, 0.05) is 71.9 Å². The van der Waals surface area contributed by atoms with Crippen LogP contribution >= 0.6 is 46.4 Å². The van der Waals surface area contributed by atoms with E-state index in [9.17, 15) is 9.59 Å². The molecule has 4 aromatic carbocycles. The van der Waals surface area contributed by atoms with Crippen LogP contribution in [0.25, 0.3) is 56.2 Å². The topological polar surface area (TPSA) is 128 Å². The number of carbonyl (C=O) groups is 2. The normalized spacial score (nSPS) is 13.7. The summed E-state index contributed by atoms with van der Waals surface area (Å²) in [7, 11) is 0. The number of benzene rings is 4. The lowest BCUT2D eigenvalue weighted by molar-refractivity contribution is -0.124. The average Bonchev–Trinajstić information content (AvgIpc) is 4.18. The smallest absolute Gasteiger partial charge is 0.233 e. The maximum atomic E-state index is 12.5. The van der Waals surface area contributed by atoms with Crippen LogP contribution in [-0.2, 0) is 9.59 Å². The minimum atomic E-state index is -0.619. The molecule has 14 heteroatoms. The number of halogens is 4. The molecule has 2 N–H and O–H groups in total. The molecule has 312 valence electrons. The van der Waals surface area contributed by atoms with Gasteiger partial charge in [-0.15, -0.1) is 0 Å². The Morgan fingerprint density at radius 3 is 1.57 bits per heavy atom. The van der Waals surface area contributed by atoms with Crippen LogP contribution in [0.15, 0.2) is 97.3 Å². The molecule has 2 saturated carbocycles. The summed E-state index contributed by atoms with van der Waals surface area (Å²) in [6.07, 6.45) is 7.55. The van der Waals surface area contributed by atoms with E-state index >= 15 is 0 Å². The van der Waals surface area contributed by atoms with Crippen molar-refractivity contribution in [2.75, 3.05) is 19.8 Å². The molecule has 6 aromatic rings. The van der Waals surface area contributed by atoms with Crippen LogP contribution in [0.4, 0.5) is 0 Å². The van der Waals surface area contributed by atoms with E-state index in [0.717, 1.165) is 47.9 Å². The highest BCUT2D eigenvalue weighted by Gasteiger charge is 2.33. The highest BCUT2D eigenvalue weighted by Crippen LogP contribution is 2.41. The Hall–Kier alpha value is -5.26. The number of carbonyl (C=O) groups excluding carboxylic acids is 2. The van der Waals surface area contributed by atoms with Gasteiger partial charge in [0.05, 0.1) is 35.9 Å². The summed E-state index contributed by atoms with van der Waals surface area (Å²) in [5, 5.41) is 8.16. The Bertz CT molecular complexity index is 2580. The molecular weight excluding hydrogens is 854 g/mol. The van der Waals surface area contributed by atoms with E-state index in [1.54, 1.807) is 42.7 Å². The maximum absolute atomic E-state index is 12.5. The molecule has 0 unspecified atom stereocenters. The summed E-state index contributed by atoms with van der Waals surface area (Å²) in [5.74, 6) is 1.04. The van der Waals surface area contributed by atoms with Crippen molar-refractivity contribution in [1.82, 2.24) is 30.6 Å². The fraction of sp³-hybridized carbons (Fsp3) is 0.277. The van der Waals surface area contributed by atoms with Crippen molar-refractivity contribution in [2.24, 2.45) is 11.8 Å². The van der Waals surface area contributed by atoms with Crippen LogP contribution in [0.3, 0.4) is 0 Å². The first-order valence-electron chi connectivity index (χ1n) is 20.1. The Balaban J connectivity index is 1.10. The molecule has 0 atom stereocenters. The van der Waals surface area contributed by atoms with Crippen LogP contribution in [0.5, 0.6) is 11.8 Å². The third-order valence-corrected chi connectivity index (χ3v) is 11.5. The van der Waals surface area contributed by atoms with Gasteiger partial charge in [0.25, 0.3) is 0 Å². The molecule has 2 amide bonds. The largest absolute Gasteiger partial charge is 0.476 e. The maximum Gasteiger partial charge on any atom is 0.233 e. The van der Waals surface area contributed by atoms with Crippen molar-refractivity contribution in [3.05, 3.63) is 117 Å². The molecule has 8 rings (SSSR count). The van der Waals surface area contributed by atoms with Crippen LogP contribution in [0.2, 0.25) is 20.1 Å². The second kappa shape index (κ2) is 18.4. The van der Waals surface area contributed by atoms with Crippen molar-refractivity contribution in [2.45, 2.75) is 51.5 Å². The van der Waals surface area contributed by atoms with Gasteiger partial charge >= 0.3 is 0 Å². The molecule has 0 aliphatic heterocycles. The Labute approximate surface area is 374 Å². The van der Waals surface area contributed by atoms with E-state index in [1.807, 2.05) is 68.4 Å². The lowest BCUT2D eigenvalue weighted by Crippen LogP contribution is -2.48. The van der Waals surface area contributed by atoms with E-state index < -0.39 is 5.54 Å². The number of ether oxygens (including phenoxy) is 2. The molecule has 61 heavy (non-hydrogen) atoms. The van der Waals surface area contributed by atoms with Gasteiger partial charge in [-0.2, -0.15) is 0 Å².